The van der Waals surface area contributed by atoms with Gasteiger partial charge < -0.3 is 0 Å². The van der Waals surface area contributed by atoms with E-state index in [0.29, 0.717) is 0 Å². The number of rotatable bonds is 1. The number of hydrogen-bond acceptors (Lipinski definition) is 1. The van der Waals surface area contributed by atoms with E-state index in [-0.39, 0.29) is 0 Å². The zero-order valence-electron chi connectivity index (χ0n) is 5.88. The van der Waals surface area contributed by atoms with E-state index in [1.54, 1.807) is 0 Å². The third-order valence-electron chi connectivity index (χ3n) is 0.822. The topological polar surface area (TPSA) is 17.1 Å². The molecule has 0 atom stereocenters. The van der Waals surface area contributed by atoms with Gasteiger partial charge in [0, 0.05) is 3.57 Å². The molecule has 0 N–H and O–H groups in total. The summed E-state index contributed by atoms with van der Waals surface area (Å²) in [7, 11) is -3.67. The zero-order valence-corrected chi connectivity index (χ0v) is 8.04. The van der Waals surface area contributed by atoms with Gasteiger partial charge in [0.2, 0.25) is 0 Å². The fourth-order valence-electron chi connectivity index (χ4n) is 0.466. The molecule has 0 spiro atoms. The molecular weight excluding hydrogens is 283 g/mol. The van der Waals surface area contributed by atoms with E-state index in [2.05, 4.69) is 0 Å². The van der Waals surface area contributed by atoms with Gasteiger partial charge in [0.15, 0.2) is 21.2 Å². The molecular formula is C6H5BF3IO. The van der Waals surface area contributed by atoms with E-state index in [4.69, 9.17) is 0 Å². The lowest BCUT2D eigenvalue weighted by molar-refractivity contribution is 0.535. The molecule has 66 valence electrons. The molecule has 0 heterocycles. The summed E-state index contributed by atoms with van der Waals surface area (Å²) in [6, 6.07) is 9.46. The standard InChI is InChI=1S/C6H5IO.BF3/c8-7-6-4-2-1-3-5-6;2-1(3)4/h1-5H;. The zero-order chi connectivity index (χ0) is 9.40. The Morgan fingerprint density at radius 2 is 1.50 bits per heavy atom. The summed E-state index contributed by atoms with van der Waals surface area (Å²) in [5, 5.41) is 0. The Bertz CT molecular complexity index is 217. The van der Waals surface area contributed by atoms with Gasteiger partial charge in [0.1, 0.15) is 0 Å². The van der Waals surface area contributed by atoms with Crippen LogP contribution >= 0.6 is 21.2 Å². The van der Waals surface area contributed by atoms with Crippen molar-refractivity contribution < 1.29 is 16.0 Å². The summed E-state index contributed by atoms with van der Waals surface area (Å²) in [6.45, 7) is 0. The summed E-state index contributed by atoms with van der Waals surface area (Å²) in [4.78, 5) is 0. The Morgan fingerprint density at radius 1 is 1.08 bits per heavy atom. The average Bonchev–Trinajstić information content (AvgIpc) is 2.05. The van der Waals surface area contributed by atoms with E-state index in [9.17, 15) is 16.0 Å². The van der Waals surface area contributed by atoms with E-state index >= 15 is 0 Å². The smallest absolute Gasteiger partial charge is 0.265 e. The lowest BCUT2D eigenvalue weighted by Crippen LogP contribution is -1.76. The van der Waals surface area contributed by atoms with Crippen LogP contribution in [0.4, 0.5) is 12.9 Å². The highest BCUT2D eigenvalue weighted by molar-refractivity contribution is 14.1. The lowest BCUT2D eigenvalue weighted by Gasteiger charge is -1.80. The Kier molecular flexibility index (Phi) is 7.03. The van der Waals surface area contributed by atoms with Crippen molar-refractivity contribution in [1.29, 1.82) is 0 Å². The van der Waals surface area contributed by atoms with Crippen LogP contribution in [0, 0.1) is 3.57 Å². The fraction of sp³-hybridized carbons (Fsp3) is 0. The van der Waals surface area contributed by atoms with Crippen molar-refractivity contribution in [2.75, 3.05) is 0 Å². The first kappa shape index (κ1) is 11.6. The molecule has 0 fully saturated rings. The van der Waals surface area contributed by atoms with E-state index in [0.717, 1.165) is 3.57 Å². The molecule has 1 nitrogen and oxygen atoms in total. The Balaban J connectivity index is 0.000000261. The summed E-state index contributed by atoms with van der Waals surface area (Å²) in [6.07, 6.45) is 0. The molecule has 0 unspecified atom stereocenters. The maximum atomic E-state index is 10.2. The van der Waals surface area contributed by atoms with Crippen LogP contribution in [0.15, 0.2) is 30.3 Å². The average molecular weight is 288 g/mol. The summed E-state index contributed by atoms with van der Waals surface area (Å²) in [5.74, 6) is 0. The lowest BCUT2D eigenvalue weighted by atomic mass is 10.4. The van der Waals surface area contributed by atoms with Crippen molar-refractivity contribution >= 4 is 28.7 Å². The van der Waals surface area contributed by atoms with Gasteiger partial charge >= 0.3 is 7.54 Å². The van der Waals surface area contributed by atoms with Gasteiger partial charge in [-0.05, 0) is 12.1 Å². The molecule has 0 amide bonds. The highest BCUT2D eigenvalue weighted by atomic mass is 127. The first-order valence-electron chi connectivity index (χ1n) is 2.91. The van der Waals surface area contributed by atoms with Crippen molar-refractivity contribution in [3.63, 3.8) is 0 Å². The molecule has 1 aromatic rings. The fourth-order valence-corrected chi connectivity index (χ4v) is 1.17. The predicted molar refractivity (Wildman–Crippen MR) is 48.9 cm³/mol. The van der Waals surface area contributed by atoms with Gasteiger partial charge in [0.25, 0.3) is 0 Å². The molecule has 6 heteroatoms. The van der Waals surface area contributed by atoms with E-state index < -0.39 is 28.7 Å². The van der Waals surface area contributed by atoms with Crippen LogP contribution in [0.1, 0.15) is 0 Å². The number of benzene rings is 1. The van der Waals surface area contributed by atoms with Crippen LogP contribution in [0.5, 0.6) is 0 Å². The van der Waals surface area contributed by atoms with Crippen molar-refractivity contribution in [2.24, 2.45) is 0 Å². The SMILES string of the molecule is FB(F)F.O=Ic1ccccc1. The third-order valence-corrected chi connectivity index (χ3v) is 2.05. The van der Waals surface area contributed by atoms with E-state index in [1.165, 1.54) is 0 Å². The van der Waals surface area contributed by atoms with Crippen molar-refractivity contribution in [1.82, 2.24) is 0 Å². The number of halogens is 4. The van der Waals surface area contributed by atoms with Gasteiger partial charge in [-0.15, -0.1) is 0 Å². The summed E-state index contributed by atoms with van der Waals surface area (Å²) >= 11 is -0.941. The van der Waals surface area contributed by atoms with E-state index in [1.807, 2.05) is 30.3 Å². The summed E-state index contributed by atoms with van der Waals surface area (Å²) < 4.78 is 40.2. The molecule has 0 radical (unpaired) electrons. The van der Waals surface area contributed by atoms with Gasteiger partial charge in [-0.1, -0.05) is 18.2 Å². The quantitative estimate of drug-likeness (QED) is 0.573. The van der Waals surface area contributed by atoms with Crippen LogP contribution in [0.25, 0.3) is 0 Å². The first-order chi connectivity index (χ1) is 5.66. The van der Waals surface area contributed by atoms with Crippen LogP contribution in [0.2, 0.25) is 0 Å². The Hall–Kier alpha value is -0.395. The Morgan fingerprint density at radius 3 is 1.75 bits per heavy atom. The normalized spacial score (nSPS) is 8.25. The Labute approximate surface area is 78.8 Å². The molecule has 12 heavy (non-hydrogen) atoms. The predicted octanol–water partition coefficient (Wildman–Crippen LogP) is 3.05. The van der Waals surface area contributed by atoms with Gasteiger partial charge in [-0.3, -0.25) is 16.0 Å². The minimum Gasteiger partial charge on any atom is -0.265 e. The maximum Gasteiger partial charge on any atom is 0.762 e. The van der Waals surface area contributed by atoms with Crippen molar-refractivity contribution in [2.45, 2.75) is 0 Å². The van der Waals surface area contributed by atoms with Crippen molar-refractivity contribution in [3.05, 3.63) is 33.9 Å². The maximum absolute atomic E-state index is 10.2. The molecule has 0 saturated heterocycles. The van der Waals surface area contributed by atoms with Crippen LogP contribution in [-0.4, -0.2) is 7.54 Å². The molecule has 0 bridgehead atoms. The second-order valence-corrected chi connectivity index (χ2v) is 3.31. The minimum atomic E-state index is -3.67. The molecule has 1 rings (SSSR count). The molecule has 0 aliphatic rings. The monoisotopic (exact) mass is 288 g/mol. The van der Waals surface area contributed by atoms with Gasteiger partial charge in [-0.25, -0.2) is 0 Å². The van der Waals surface area contributed by atoms with Gasteiger partial charge in [0.05, 0.1) is 0 Å². The highest BCUT2D eigenvalue weighted by Crippen LogP contribution is 2.06. The first-order valence-corrected chi connectivity index (χ1v) is 4.87. The van der Waals surface area contributed by atoms with Crippen LogP contribution in [-0.2, 0) is 3.07 Å². The molecule has 0 aliphatic heterocycles. The minimum absolute atomic E-state index is 0.941. The molecule has 0 aliphatic carbocycles. The molecule has 0 aromatic heterocycles. The third kappa shape index (κ3) is 7.71. The van der Waals surface area contributed by atoms with Crippen LogP contribution in [0.3, 0.4) is 0 Å². The second-order valence-electron chi connectivity index (χ2n) is 1.62. The van der Waals surface area contributed by atoms with Crippen LogP contribution < -0.4 is 0 Å². The van der Waals surface area contributed by atoms with Crippen molar-refractivity contribution in [3.8, 4) is 0 Å². The second kappa shape index (κ2) is 7.26. The largest absolute Gasteiger partial charge is 0.762 e. The number of hydrogen-bond donors (Lipinski definition) is 0. The molecule has 1 aromatic carbocycles. The highest BCUT2D eigenvalue weighted by Gasteiger charge is 2.06. The molecule has 0 saturated carbocycles. The van der Waals surface area contributed by atoms with Gasteiger partial charge in [-0.2, -0.15) is 0 Å². The summed E-state index contributed by atoms with van der Waals surface area (Å²) in [5.41, 5.74) is 0.